The lowest BCUT2D eigenvalue weighted by Crippen LogP contribution is -1.94. The summed E-state index contributed by atoms with van der Waals surface area (Å²) < 4.78 is 0. The number of aromatic nitrogens is 2. The molecule has 3 aromatic rings. The van der Waals surface area contributed by atoms with E-state index in [1.807, 2.05) is 42.5 Å². The molecule has 0 saturated heterocycles. The highest BCUT2D eigenvalue weighted by molar-refractivity contribution is 5.95. The SMILES string of the molecule is CC(=O)c1cncc(-c2ccc3ccccc3n2)c1. The number of ketones is 1. The molecule has 3 nitrogen and oxygen atoms in total. The summed E-state index contributed by atoms with van der Waals surface area (Å²) in [6.07, 6.45) is 3.30. The molecule has 0 aliphatic heterocycles. The molecule has 0 saturated carbocycles. The Morgan fingerprint density at radius 1 is 1.05 bits per heavy atom. The van der Waals surface area contributed by atoms with Crippen molar-refractivity contribution in [3.63, 3.8) is 0 Å². The van der Waals surface area contributed by atoms with Gasteiger partial charge in [0.15, 0.2) is 5.78 Å². The van der Waals surface area contributed by atoms with Crippen LogP contribution in [0.2, 0.25) is 0 Å². The van der Waals surface area contributed by atoms with Crippen LogP contribution in [0.4, 0.5) is 0 Å². The summed E-state index contributed by atoms with van der Waals surface area (Å²) >= 11 is 0. The standard InChI is InChI=1S/C16H12N2O/c1-11(19)13-8-14(10-17-9-13)16-7-6-12-4-2-3-5-15(12)18-16/h2-10H,1H3. The second-order valence-electron chi connectivity index (χ2n) is 4.41. The van der Waals surface area contributed by atoms with Crippen LogP contribution in [0, 0.1) is 0 Å². The molecule has 3 heteroatoms. The Bertz CT molecular complexity index is 765. The van der Waals surface area contributed by atoms with Crippen LogP contribution in [-0.2, 0) is 0 Å². The fraction of sp³-hybridized carbons (Fsp3) is 0.0625. The Kier molecular flexibility index (Phi) is 2.80. The summed E-state index contributed by atoms with van der Waals surface area (Å²) in [7, 11) is 0. The second kappa shape index (κ2) is 4.61. The number of pyridine rings is 2. The molecule has 0 aliphatic rings. The van der Waals surface area contributed by atoms with Crippen LogP contribution in [0.3, 0.4) is 0 Å². The normalized spacial score (nSPS) is 10.6. The van der Waals surface area contributed by atoms with Crippen molar-refractivity contribution in [1.82, 2.24) is 9.97 Å². The molecule has 0 amide bonds. The summed E-state index contributed by atoms with van der Waals surface area (Å²) in [6, 6.07) is 13.7. The van der Waals surface area contributed by atoms with E-state index in [0.29, 0.717) is 5.56 Å². The van der Waals surface area contributed by atoms with E-state index in [-0.39, 0.29) is 5.78 Å². The largest absolute Gasteiger partial charge is 0.294 e. The topological polar surface area (TPSA) is 42.9 Å². The maximum Gasteiger partial charge on any atom is 0.161 e. The van der Waals surface area contributed by atoms with Crippen molar-refractivity contribution < 1.29 is 4.79 Å². The maximum absolute atomic E-state index is 11.4. The zero-order valence-corrected chi connectivity index (χ0v) is 10.5. The number of carbonyl (C=O) groups is 1. The van der Waals surface area contributed by atoms with Gasteiger partial charge < -0.3 is 0 Å². The summed E-state index contributed by atoms with van der Waals surface area (Å²) in [5, 5.41) is 1.10. The molecule has 2 heterocycles. The van der Waals surface area contributed by atoms with Crippen LogP contribution >= 0.6 is 0 Å². The second-order valence-corrected chi connectivity index (χ2v) is 4.41. The third-order valence-electron chi connectivity index (χ3n) is 3.04. The Hall–Kier alpha value is -2.55. The highest BCUT2D eigenvalue weighted by Gasteiger charge is 2.05. The highest BCUT2D eigenvalue weighted by atomic mass is 16.1. The number of Topliss-reactive ketones (excluding diaryl/α,β-unsaturated/α-hetero) is 1. The fourth-order valence-electron chi connectivity index (χ4n) is 2.00. The van der Waals surface area contributed by atoms with Crippen LogP contribution < -0.4 is 0 Å². The molecular formula is C16H12N2O. The van der Waals surface area contributed by atoms with E-state index in [9.17, 15) is 4.79 Å². The zero-order chi connectivity index (χ0) is 13.2. The first-order chi connectivity index (χ1) is 9.24. The average molecular weight is 248 g/mol. The minimum Gasteiger partial charge on any atom is -0.294 e. The van der Waals surface area contributed by atoms with Gasteiger partial charge in [0, 0.05) is 28.9 Å². The lowest BCUT2D eigenvalue weighted by atomic mass is 10.1. The van der Waals surface area contributed by atoms with Crippen molar-refractivity contribution in [2.45, 2.75) is 6.92 Å². The predicted molar refractivity (Wildman–Crippen MR) is 75.0 cm³/mol. The quantitative estimate of drug-likeness (QED) is 0.652. The van der Waals surface area contributed by atoms with E-state index in [2.05, 4.69) is 9.97 Å². The van der Waals surface area contributed by atoms with Crippen molar-refractivity contribution in [2.24, 2.45) is 0 Å². The van der Waals surface area contributed by atoms with Crippen LogP contribution in [0.25, 0.3) is 22.2 Å². The Morgan fingerprint density at radius 2 is 1.89 bits per heavy atom. The molecule has 19 heavy (non-hydrogen) atoms. The number of rotatable bonds is 2. The maximum atomic E-state index is 11.4. The van der Waals surface area contributed by atoms with Gasteiger partial charge in [-0.1, -0.05) is 24.3 Å². The molecule has 0 aliphatic carbocycles. The van der Waals surface area contributed by atoms with Crippen LogP contribution in [0.15, 0.2) is 54.9 Å². The first-order valence-corrected chi connectivity index (χ1v) is 6.06. The third kappa shape index (κ3) is 2.22. The molecule has 0 atom stereocenters. The van der Waals surface area contributed by atoms with Crippen molar-refractivity contribution in [1.29, 1.82) is 0 Å². The monoisotopic (exact) mass is 248 g/mol. The smallest absolute Gasteiger partial charge is 0.161 e. The zero-order valence-electron chi connectivity index (χ0n) is 10.5. The molecule has 0 radical (unpaired) electrons. The Balaban J connectivity index is 2.13. The van der Waals surface area contributed by atoms with Gasteiger partial charge in [0.2, 0.25) is 0 Å². The number of carbonyl (C=O) groups excluding carboxylic acids is 1. The average Bonchev–Trinajstić information content (AvgIpc) is 2.47. The molecule has 0 bridgehead atoms. The first kappa shape index (κ1) is 11.5. The molecular weight excluding hydrogens is 236 g/mol. The van der Waals surface area contributed by atoms with Gasteiger partial charge in [-0.05, 0) is 25.1 Å². The van der Waals surface area contributed by atoms with Crippen molar-refractivity contribution >= 4 is 16.7 Å². The Labute approximate surface area is 111 Å². The Morgan fingerprint density at radius 3 is 2.74 bits per heavy atom. The summed E-state index contributed by atoms with van der Waals surface area (Å²) in [6.45, 7) is 1.54. The number of nitrogens with zero attached hydrogens (tertiary/aromatic N) is 2. The molecule has 0 unspecified atom stereocenters. The molecule has 2 aromatic heterocycles. The molecule has 0 N–H and O–H groups in total. The van der Waals surface area contributed by atoms with Crippen LogP contribution in [-0.4, -0.2) is 15.8 Å². The predicted octanol–water partition coefficient (Wildman–Crippen LogP) is 3.50. The molecule has 3 rings (SSSR count). The molecule has 0 spiro atoms. The van der Waals surface area contributed by atoms with Crippen molar-refractivity contribution in [3.05, 3.63) is 60.4 Å². The van der Waals surface area contributed by atoms with Gasteiger partial charge in [0.25, 0.3) is 0 Å². The van der Waals surface area contributed by atoms with Crippen LogP contribution in [0.5, 0.6) is 0 Å². The molecule has 92 valence electrons. The number of hydrogen-bond donors (Lipinski definition) is 0. The van der Waals surface area contributed by atoms with E-state index in [1.54, 1.807) is 12.4 Å². The van der Waals surface area contributed by atoms with E-state index in [1.165, 1.54) is 6.92 Å². The van der Waals surface area contributed by atoms with Gasteiger partial charge >= 0.3 is 0 Å². The van der Waals surface area contributed by atoms with E-state index >= 15 is 0 Å². The minimum atomic E-state index is 0.00939. The van der Waals surface area contributed by atoms with Crippen molar-refractivity contribution in [3.8, 4) is 11.3 Å². The highest BCUT2D eigenvalue weighted by Crippen LogP contribution is 2.21. The van der Waals surface area contributed by atoms with Gasteiger partial charge in [0.05, 0.1) is 11.2 Å². The van der Waals surface area contributed by atoms with E-state index in [0.717, 1.165) is 22.2 Å². The number of benzene rings is 1. The molecule has 1 aromatic carbocycles. The van der Waals surface area contributed by atoms with Crippen molar-refractivity contribution in [2.75, 3.05) is 0 Å². The lowest BCUT2D eigenvalue weighted by molar-refractivity contribution is 0.101. The number of fused-ring (bicyclic) bond motifs is 1. The van der Waals surface area contributed by atoms with Gasteiger partial charge in [0.1, 0.15) is 0 Å². The van der Waals surface area contributed by atoms with E-state index < -0.39 is 0 Å². The lowest BCUT2D eigenvalue weighted by Gasteiger charge is -2.04. The molecule has 0 fully saturated rings. The summed E-state index contributed by atoms with van der Waals surface area (Å²) in [4.78, 5) is 20.1. The van der Waals surface area contributed by atoms with Gasteiger partial charge in [-0.15, -0.1) is 0 Å². The fourth-order valence-corrected chi connectivity index (χ4v) is 2.00. The third-order valence-corrected chi connectivity index (χ3v) is 3.04. The van der Waals surface area contributed by atoms with E-state index in [4.69, 9.17) is 0 Å². The summed E-state index contributed by atoms with van der Waals surface area (Å²) in [5.41, 5.74) is 3.23. The van der Waals surface area contributed by atoms with Gasteiger partial charge in [-0.3, -0.25) is 9.78 Å². The van der Waals surface area contributed by atoms with Gasteiger partial charge in [-0.2, -0.15) is 0 Å². The van der Waals surface area contributed by atoms with Gasteiger partial charge in [-0.25, -0.2) is 4.98 Å². The number of para-hydroxylation sites is 1. The minimum absolute atomic E-state index is 0.00939. The summed E-state index contributed by atoms with van der Waals surface area (Å²) in [5.74, 6) is 0.00939. The number of hydrogen-bond acceptors (Lipinski definition) is 3. The first-order valence-electron chi connectivity index (χ1n) is 6.06. The van der Waals surface area contributed by atoms with Crippen LogP contribution in [0.1, 0.15) is 17.3 Å².